The maximum Gasteiger partial charge on any atom is 0.325 e. The first-order valence-corrected chi connectivity index (χ1v) is 10.2. The van der Waals surface area contributed by atoms with Gasteiger partial charge in [-0.25, -0.2) is 4.79 Å². The van der Waals surface area contributed by atoms with E-state index in [0.717, 1.165) is 41.7 Å². The molecule has 1 unspecified atom stereocenters. The number of rotatable bonds is 3. The van der Waals surface area contributed by atoms with Gasteiger partial charge in [0.25, 0.3) is 5.91 Å². The zero-order valence-corrected chi connectivity index (χ0v) is 17.4. The van der Waals surface area contributed by atoms with Crippen LogP contribution in [0.3, 0.4) is 0 Å². The molecule has 0 aliphatic carbocycles. The smallest absolute Gasteiger partial charge is 0.325 e. The van der Waals surface area contributed by atoms with Gasteiger partial charge in [-0.05, 0) is 36.3 Å². The molecule has 1 aromatic carbocycles. The minimum atomic E-state index is -1.15. The predicted octanol–water partition coefficient (Wildman–Crippen LogP) is 3.15. The van der Waals surface area contributed by atoms with E-state index >= 15 is 0 Å². The van der Waals surface area contributed by atoms with E-state index in [2.05, 4.69) is 26.1 Å². The van der Waals surface area contributed by atoms with Crippen LogP contribution in [0.4, 0.5) is 4.79 Å². The summed E-state index contributed by atoms with van der Waals surface area (Å²) in [6.45, 7) is 9.30. The largest absolute Gasteiger partial charge is 0.341 e. The molecule has 0 radical (unpaired) electrons. The molecule has 2 heterocycles. The zero-order valence-electron chi connectivity index (χ0n) is 17.4. The SMILES string of the molecule is CC(C)(C)c1ccc(C2(C)NC(=O)N(CC(=O)N3CCCCCC3)C2=O)cc1. The molecule has 2 fully saturated rings. The Morgan fingerprint density at radius 2 is 1.61 bits per heavy atom. The molecule has 4 amide bonds. The molecule has 3 rings (SSSR count). The molecule has 1 N–H and O–H groups in total. The van der Waals surface area contributed by atoms with Crippen molar-refractivity contribution in [3.8, 4) is 0 Å². The Labute approximate surface area is 167 Å². The lowest BCUT2D eigenvalue weighted by molar-refractivity contribution is -0.138. The van der Waals surface area contributed by atoms with Crippen LogP contribution in [0.2, 0.25) is 0 Å². The second-order valence-electron chi connectivity index (χ2n) is 9.07. The number of carbonyl (C=O) groups is 3. The summed E-state index contributed by atoms with van der Waals surface area (Å²) in [6.07, 6.45) is 4.19. The molecule has 0 aromatic heterocycles. The van der Waals surface area contributed by atoms with Gasteiger partial charge >= 0.3 is 6.03 Å². The van der Waals surface area contributed by atoms with Gasteiger partial charge in [-0.1, -0.05) is 57.9 Å². The number of urea groups is 1. The minimum Gasteiger partial charge on any atom is -0.341 e. The highest BCUT2D eigenvalue weighted by molar-refractivity contribution is 6.09. The van der Waals surface area contributed by atoms with Gasteiger partial charge in [0, 0.05) is 13.1 Å². The summed E-state index contributed by atoms with van der Waals surface area (Å²) in [4.78, 5) is 41.1. The molecule has 2 aliphatic rings. The highest BCUT2D eigenvalue weighted by atomic mass is 16.2. The Morgan fingerprint density at radius 1 is 1.04 bits per heavy atom. The van der Waals surface area contributed by atoms with Crippen LogP contribution in [-0.2, 0) is 20.5 Å². The third kappa shape index (κ3) is 3.91. The van der Waals surface area contributed by atoms with Crippen LogP contribution in [0.15, 0.2) is 24.3 Å². The van der Waals surface area contributed by atoms with Gasteiger partial charge in [-0.2, -0.15) is 0 Å². The van der Waals surface area contributed by atoms with Crippen molar-refractivity contribution < 1.29 is 14.4 Å². The normalized spacial score (nSPS) is 23.6. The summed E-state index contributed by atoms with van der Waals surface area (Å²) >= 11 is 0. The lowest BCUT2D eigenvalue weighted by Crippen LogP contribution is -2.44. The predicted molar refractivity (Wildman–Crippen MR) is 108 cm³/mol. The van der Waals surface area contributed by atoms with Crippen molar-refractivity contribution in [1.29, 1.82) is 0 Å². The Balaban J connectivity index is 1.75. The number of carbonyl (C=O) groups excluding carboxylic acids is 3. The van der Waals surface area contributed by atoms with Crippen LogP contribution in [-0.4, -0.2) is 47.3 Å². The number of hydrogen-bond acceptors (Lipinski definition) is 3. The van der Waals surface area contributed by atoms with Gasteiger partial charge in [-0.15, -0.1) is 0 Å². The van der Waals surface area contributed by atoms with Crippen molar-refractivity contribution >= 4 is 17.8 Å². The van der Waals surface area contributed by atoms with Crippen LogP contribution in [0, 0.1) is 0 Å². The fraction of sp³-hybridized carbons (Fsp3) is 0.591. The van der Waals surface area contributed by atoms with Crippen molar-refractivity contribution in [1.82, 2.24) is 15.1 Å². The van der Waals surface area contributed by atoms with Gasteiger partial charge in [0.15, 0.2) is 0 Å². The van der Waals surface area contributed by atoms with Crippen LogP contribution >= 0.6 is 0 Å². The topological polar surface area (TPSA) is 69.7 Å². The summed E-state index contributed by atoms with van der Waals surface area (Å²) in [6, 6.07) is 7.25. The second-order valence-corrected chi connectivity index (χ2v) is 9.07. The second kappa shape index (κ2) is 7.57. The zero-order chi connectivity index (χ0) is 20.5. The number of nitrogens with zero attached hydrogens (tertiary/aromatic N) is 2. The summed E-state index contributed by atoms with van der Waals surface area (Å²) in [5, 5.41) is 2.79. The van der Waals surface area contributed by atoms with Gasteiger partial charge in [0.1, 0.15) is 12.1 Å². The van der Waals surface area contributed by atoms with Crippen molar-refractivity contribution in [3.05, 3.63) is 35.4 Å². The first-order chi connectivity index (χ1) is 13.1. The Morgan fingerprint density at radius 3 is 2.14 bits per heavy atom. The molecule has 0 spiro atoms. The number of amides is 4. The van der Waals surface area contributed by atoms with Crippen LogP contribution in [0.25, 0.3) is 0 Å². The molecule has 0 bridgehead atoms. The number of nitrogens with one attached hydrogen (secondary N) is 1. The number of likely N-dealkylation sites (tertiary alicyclic amines) is 1. The molecule has 0 saturated carbocycles. The molecule has 2 saturated heterocycles. The fourth-order valence-electron chi connectivity index (χ4n) is 3.90. The van der Waals surface area contributed by atoms with Crippen LogP contribution in [0.1, 0.15) is 64.5 Å². The van der Waals surface area contributed by atoms with E-state index in [1.54, 1.807) is 11.8 Å². The first-order valence-electron chi connectivity index (χ1n) is 10.2. The van der Waals surface area contributed by atoms with Crippen molar-refractivity contribution in [3.63, 3.8) is 0 Å². The quantitative estimate of drug-likeness (QED) is 0.813. The summed E-state index contributed by atoms with van der Waals surface area (Å²) in [5.74, 6) is -0.526. The van der Waals surface area contributed by atoms with Crippen molar-refractivity contribution in [2.45, 2.75) is 64.3 Å². The minimum absolute atomic E-state index is 0.00792. The fourth-order valence-corrected chi connectivity index (χ4v) is 3.90. The van der Waals surface area contributed by atoms with Gasteiger partial charge in [-0.3, -0.25) is 14.5 Å². The lowest BCUT2D eigenvalue weighted by Gasteiger charge is -2.25. The van der Waals surface area contributed by atoms with Crippen LogP contribution in [0.5, 0.6) is 0 Å². The van der Waals surface area contributed by atoms with Gasteiger partial charge in [0.2, 0.25) is 5.91 Å². The molecule has 1 atom stereocenters. The standard InChI is InChI=1S/C22H31N3O3/c1-21(2,3)16-9-11-17(12-10-16)22(4)19(27)25(20(28)23-22)15-18(26)24-13-7-5-6-8-14-24/h9-12H,5-8,13-15H2,1-4H3,(H,23,28). The molecule has 2 aliphatic heterocycles. The van der Waals surface area contributed by atoms with E-state index in [1.165, 1.54) is 0 Å². The third-order valence-corrected chi connectivity index (χ3v) is 5.86. The number of imide groups is 1. The van der Waals surface area contributed by atoms with E-state index in [9.17, 15) is 14.4 Å². The highest BCUT2D eigenvalue weighted by Crippen LogP contribution is 2.31. The highest BCUT2D eigenvalue weighted by Gasteiger charge is 2.49. The summed E-state index contributed by atoms with van der Waals surface area (Å²) in [7, 11) is 0. The number of benzene rings is 1. The van der Waals surface area contributed by atoms with Crippen LogP contribution < -0.4 is 5.32 Å². The average molecular weight is 386 g/mol. The third-order valence-electron chi connectivity index (χ3n) is 5.86. The molecule has 1 aromatic rings. The maximum atomic E-state index is 13.1. The van der Waals surface area contributed by atoms with Gasteiger partial charge < -0.3 is 10.2 Å². The van der Waals surface area contributed by atoms with Crippen molar-refractivity contribution in [2.75, 3.05) is 19.6 Å². The molecule has 6 heteroatoms. The Hall–Kier alpha value is -2.37. The molecule has 28 heavy (non-hydrogen) atoms. The monoisotopic (exact) mass is 385 g/mol. The van der Waals surface area contributed by atoms with E-state index in [4.69, 9.17) is 0 Å². The van der Waals surface area contributed by atoms with Crippen molar-refractivity contribution in [2.24, 2.45) is 0 Å². The Bertz CT molecular complexity index is 758. The van der Waals surface area contributed by atoms with Gasteiger partial charge in [0.05, 0.1) is 0 Å². The average Bonchev–Trinajstić information content (AvgIpc) is 2.85. The maximum absolute atomic E-state index is 13.1. The molecular formula is C22H31N3O3. The molecule has 6 nitrogen and oxygen atoms in total. The van der Waals surface area contributed by atoms with E-state index in [1.807, 2.05) is 24.3 Å². The first kappa shape index (κ1) is 20.4. The lowest BCUT2D eigenvalue weighted by atomic mass is 9.84. The van der Waals surface area contributed by atoms with E-state index in [0.29, 0.717) is 13.1 Å². The molecule has 152 valence electrons. The summed E-state index contributed by atoms with van der Waals surface area (Å²) in [5.41, 5.74) is 0.744. The Kier molecular flexibility index (Phi) is 5.50. The van der Waals surface area contributed by atoms with E-state index in [-0.39, 0.29) is 23.8 Å². The number of hydrogen-bond donors (Lipinski definition) is 1. The molecular weight excluding hydrogens is 354 g/mol. The van der Waals surface area contributed by atoms with E-state index < -0.39 is 11.6 Å². The summed E-state index contributed by atoms with van der Waals surface area (Å²) < 4.78 is 0.